The van der Waals surface area contributed by atoms with Gasteiger partial charge in [0.15, 0.2) is 0 Å². The van der Waals surface area contributed by atoms with Crippen LogP contribution in [0, 0.1) is 12.8 Å². The molecule has 0 aliphatic carbocycles. The molecule has 0 saturated heterocycles. The quantitative estimate of drug-likeness (QED) is 0.604. The molecule has 150 valence electrons. The van der Waals surface area contributed by atoms with Gasteiger partial charge in [-0.3, -0.25) is 19.4 Å². The van der Waals surface area contributed by atoms with E-state index in [1.807, 2.05) is 12.3 Å². The second kappa shape index (κ2) is 10.3. The summed E-state index contributed by atoms with van der Waals surface area (Å²) in [5.41, 5.74) is 1.40. The van der Waals surface area contributed by atoms with Crippen LogP contribution in [0.4, 0.5) is 5.00 Å². The molecule has 0 aromatic carbocycles. The Morgan fingerprint density at radius 1 is 1.32 bits per heavy atom. The Bertz CT molecular complexity index is 839. The molecule has 0 N–H and O–H groups in total. The van der Waals surface area contributed by atoms with Crippen molar-refractivity contribution in [2.45, 2.75) is 26.7 Å². The number of nitrogens with zero attached hydrogens (tertiary/aromatic N) is 3. The van der Waals surface area contributed by atoms with Crippen LogP contribution in [0.5, 0.6) is 0 Å². The third kappa shape index (κ3) is 5.39. The van der Waals surface area contributed by atoms with Gasteiger partial charge in [0.25, 0.3) is 0 Å². The first-order chi connectivity index (χ1) is 13.4. The number of ether oxygens (including phenoxy) is 1. The molecule has 0 fully saturated rings. The zero-order valence-corrected chi connectivity index (χ0v) is 17.9. The van der Waals surface area contributed by atoms with Gasteiger partial charge < -0.3 is 4.74 Å². The van der Waals surface area contributed by atoms with Gasteiger partial charge in [-0.05, 0) is 25.3 Å². The predicted octanol–water partition coefficient (Wildman–Crippen LogP) is 3.33. The van der Waals surface area contributed by atoms with Gasteiger partial charge in [-0.2, -0.15) is 11.8 Å². The van der Waals surface area contributed by atoms with Gasteiger partial charge in [-0.15, -0.1) is 0 Å². The number of methoxy groups -OCH3 is 1. The highest BCUT2D eigenvalue weighted by Gasteiger charge is 2.31. The van der Waals surface area contributed by atoms with Crippen LogP contribution in [0.3, 0.4) is 0 Å². The Labute approximate surface area is 172 Å². The lowest BCUT2D eigenvalue weighted by Gasteiger charge is -2.23. The molecule has 2 rings (SSSR count). The van der Waals surface area contributed by atoms with Gasteiger partial charge in [0.1, 0.15) is 10.0 Å². The normalized spacial score (nSPS) is 11.7. The van der Waals surface area contributed by atoms with E-state index >= 15 is 0 Å². The van der Waals surface area contributed by atoms with E-state index in [1.165, 1.54) is 35.1 Å². The summed E-state index contributed by atoms with van der Waals surface area (Å²) in [5, 5.41) is 1.16. The van der Waals surface area contributed by atoms with Gasteiger partial charge in [0.2, 0.25) is 11.8 Å². The van der Waals surface area contributed by atoms with Gasteiger partial charge in [0.05, 0.1) is 19.2 Å². The van der Waals surface area contributed by atoms with Crippen LogP contribution in [0.25, 0.3) is 10.6 Å². The van der Waals surface area contributed by atoms with E-state index in [1.54, 1.807) is 32.3 Å². The molecule has 0 bridgehead atoms. The van der Waals surface area contributed by atoms with Crippen molar-refractivity contribution in [1.29, 1.82) is 0 Å². The molecule has 2 amide bonds. The van der Waals surface area contributed by atoms with Crippen LogP contribution in [-0.2, 0) is 19.1 Å². The van der Waals surface area contributed by atoms with Crippen molar-refractivity contribution < 1.29 is 19.1 Å². The molecular formula is C19H23N3O4S2. The number of carbonyl (C=O) groups is 3. The van der Waals surface area contributed by atoms with Crippen LogP contribution in [0.15, 0.2) is 24.5 Å². The number of thioether (sulfide) groups is 1. The highest BCUT2D eigenvalue weighted by molar-refractivity contribution is 7.98. The average molecular weight is 422 g/mol. The lowest BCUT2D eigenvalue weighted by atomic mass is 10.1. The Balaban J connectivity index is 2.38. The molecular weight excluding hydrogens is 398 g/mol. The maximum Gasteiger partial charge on any atom is 0.306 e. The maximum atomic E-state index is 13.0. The Morgan fingerprint density at radius 3 is 2.68 bits per heavy atom. The molecule has 2 aromatic heterocycles. The molecule has 7 nitrogen and oxygen atoms in total. The summed E-state index contributed by atoms with van der Waals surface area (Å²) in [6, 6.07) is 3.67. The Kier molecular flexibility index (Phi) is 8.13. The molecule has 0 spiro atoms. The number of hydrogen-bond acceptors (Lipinski definition) is 8. The summed E-state index contributed by atoms with van der Waals surface area (Å²) < 4.78 is 4.60. The van der Waals surface area contributed by atoms with Crippen LogP contribution >= 0.6 is 23.1 Å². The van der Waals surface area contributed by atoms with E-state index < -0.39 is 11.9 Å². The minimum Gasteiger partial charge on any atom is -0.469 e. The number of anilines is 1. The first-order valence-electron chi connectivity index (χ1n) is 8.69. The second-order valence-electron chi connectivity index (χ2n) is 6.15. The third-order valence-electron chi connectivity index (χ3n) is 3.96. The number of amides is 2. The topological polar surface area (TPSA) is 89.5 Å². The van der Waals surface area contributed by atoms with E-state index in [-0.39, 0.29) is 24.7 Å². The van der Waals surface area contributed by atoms with Crippen molar-refractivity contribution in [2.24, 2.45) is 5.92 Å². The number of rotatable bonds is 8. The van der Waals surface area contributed by atoms with Crippen molar-refractivity contribution in [3.05, 3.63) is 30.2 Å². The summed E-state index contributed by atoms with van der Waals surface area (Å²) >= 11 is 2.80. The number of imide groups is 1. The first kappa shape index (κ1) is 22.0. The number of hydrogen-bond donors (Lipinski definition) is 0. The highest BCUT2D eigenvalue weighted by Crippen LogP contribution is 2.35. The lowest BCUT2D eigenvalue weighted by molar-refractivity contribution is -0.142. The lowest BCUT2D eigenvalue weighted by Crippen LogP contribution is -2.41. The zero-order valence-electron chi connectivity index (χ0n) is 16.3. The van der Waals surface area contributed by atoms with E-state index in [9.17, 15) is 14.4 Å². The smallest absolute Gasteiger partial charge is 0.306 e. The number of thiazole rings is 1. The van der Waals surface area contributed by atoms with E-state index in [0.717, 1.165) is 5.56 Å². The van der Waals surface area contributed by atoms with Crippen molar-refractivity contribution in [2.75, 3.05) is 24.0 Å². The minimum absolute atomic E-state index is 0.0800. The SMILES string of the molecule is COC(=O)CCC(=O)N(C(=O)C(C)CSC)c1sc(-c2cccnc2)nc1C. The Morgan fingerprint density at radius 2 is 2.07 bits per heavy atom. The van der Waals surface area contributed by atoms with Gasteiger partial charge in [-0.25, -0.2) is 9.88 Å². The molecule has 0 aliphatic heterocycles. The van der Waals surface area contributed by atoms with Crippen LogP contribution in [0.2, 0.25) is 0 Å². The summed E-state index contributed by atoms with van der Waals surface area (Å²) in [5.74, 6) is -0.982. The largest absolute Gasteiger partial charge is 0.469 e. The van der Waals surface area contributed by atoms with Crippen molar-refractivity contribution in [3.63, 3.8) is 0 Å². The van der Waals surface area contributed by atoms with Crippen molar-refractivity contribution in [1.82, 2.24) is 9.97 Å². The van der Waals surface area contributed by atoms with Gasteiger partial charge in [-0.1, -0.05) is 18.3 Å². The monoisotopic (exact) mass is 421 g/mol. The minimum atomic E-state index is -0.491. The van der Waals surface area contributed by atoms with Crippen LogP contribution in [-0.4, -0.2) is 46.9 Å². The van der Waals surface area contributed by atoms with E-state index in [4.69, 9.17) is 0 Å². The molecule has 2 aromatic rings. The van der Waals surface area contributed by atoms with Gasteiger partial charge in [0, 0.05) is 36.0 Å². The Hall–Kier alpha value is -2.26. The molecule has 28 heavy (non-hydrogen) atoms. The maximum absolute atomic E-state index is 13.0. The summed E-state index contributed by atoms with van der Waals surface area (Å²) in [4.78, 5) is 47.1. The second-order valence-corrected chi connectivity index (χ2v) is 8.04. The standard InChI is InChI=1S/C19H23N3O4S2/c1-12(11-27-4)18(25)22(15(23)7-8-16(24)26-3)19-13(2)21-17(28-19)14-6-5-9-20-10-14/h5-6,9-10,12H,7-8,11H2,1-4H3. The first-order valence-corrected chi connectivity index (χ1v) is 10.9. The fourth-order valence-corrected chi connectivity index (χ4v) is 4.23. The van der Waals surface area contributed by atoms with Crippen LogP contribution < -0.4 is 4.90 Å². The zero-order chi connectivity index (χ0) is 20.7. The number of esters is 1. The molecule has 0 radical (unpaired) electrons. The summed E-state index contributed by atoms with van der Waals surface area (Å²) in [6.07, 6.45) is 5.07. The number of aromatic nitrogens is 2. The summed E-state index contributed by atoms with van der Waals surface area (Å²) in [6.45, 7) is 3.55. The number of carbonyl (C=O) groups excluding carboxylic acids is 3. The average Bonchev–Trinajstić information content (AvgIpc) is 3.08. The van der Waals surface area contributed by atoms with E-state index in [2.05, 4.69) is 14.7 Å². The summed E-state index contributed by atoms with van der Waals surface area (Å²) in [7, 11) is 1.27. The molecule has 0 aliphatic rings. The fourth-order valence-electron chi connectivity index (χ4n) is 2.51. The van der Waals surface area contributed by atoms with Crippen molar-refractivity contribution >= 4 is 45.9 Å². The van der Waals surface area contributed by atoms with Gasteiger partial charge >= 0.3 is 5.97 Å². The molecule has 1 unspecified atom stereocenters. The molecule has 2 heterocycles. The fraction of sp³-hybridized carbons (Fsp3) is 0.421. The molecule has 0 saturated carbocycles. The van der Waals surface area contributed by atoms with Crippen LogP contribution in [0.1, 0.15) is 25.5 Å². The third-order valence-corrected chi connectivity index (χ3v) is 5.99. The number of pyridine rings is 1. The van der Waals surface area contributed by atoms with E-state index in [0.29, 0.717) is 21.5 Å². The molecule has 9 heteroatoms. The highest BCUT2D eigenvalue weighted by atomic mass is 32.2. The molecule has 1 atom stereocenters. The number of aryl methyl sites for hydroxylation is 1. The predicted molar refractivity (Wildman–Crippen MR) is 111 cm³/mol. The van der Waals surface area contributed by atoms with Crippen molar-refractivity contribution in [3.8, 4) is 10.6 Å².